The van der Waals surface area contributed by atoms with Crippen LogP contribution in [0.4, 0.5) is 0 Å². The Bertz CT molecular complexity index is 626. The molecule has 0 heterocycles. The van der Waals surface area contributed by atoms with Crippen molar-refractivity contribution in [3.63, 3.8) is 0 Å². The first-order valence-electron chi connectivity index (χ1n) is 8.26. The third-order valence-corrected chi connectivity index (χ3v) is 4.07. The maximum Gasteiger partial charge on any atom is 0.338 e. The summed E-state index contributed by atoms with van der Waals surface area (Å²) in [5.41, 5.74) is 0.334. The van der Waals surface area contributed by atoms with Gasteiger partial charge in [0, 0.05) is 19.3 Å². The van der Waals surface area contributed by atoms with Crippen molar-refractivity contribution in [3.05, 3.63) is 35.9 Å². The van der Waals surface area contributed by atoms with E-state index in [-0.39, 0.29) is 6.42 Å². The molecule has 1 aromatic rings. The van der Waals surface area contributed by atoms with Crippen LogP contribution >= 0.6 is 0 Å². The molecule has 0 unspecified atom stereocenters. The van der Waals surface area contributed by atoms with Gasteiger partial charge >= 0.3 is 17.9 Å². The topological polar surface area (TPSA) is 96.0 Å². The number of benzene rings is 1. The van der Waals surface area contributed by atoms with E-state index in [0.717, 1.165) is 0 Å². The number of methoxy groups -OCH3 is 1. The summed E-state index contributed by atoms with van der Waals surface area (Å²) in [7, 11) is 1.23. The van der Waals surface area contributed by atoms with E-state index in [4.69, 9.17) is 14.2 Å². The Hall–Kier alpha value is -2.70. The lowest BCUT2D eigenvalue weighted by Gasteiger charge is -2.32. The summed E-state index contributed by atoms with van der Waals surface area (Å²) in [6, 6.07) is 8.32. The second-order valence-electron chi connectivity index (χ2n) is 5.96. The lowest BCUT2D eigenvalue weighted by Crippen LogP contribution is -2.42. The van der Waals surface area contributed by atoms with Gasteiger partial charge in [0.2, 0.25) is 0 Å². The van der Waals surface area contributed by atoms with E-state index in [2.05, 4.69) is 0 Å². The highest BCUT2D eigenvalue weighted by atomic mass is 16.6. The van der Waals surface area contributed by atoms with Gasteiger partial charge < -0.3 is 19.0 Å². The predicted octanol–water partition coefficient (Wildman–Crippen LogP) is 2.18. The number of aldehydes is 1. The van der Waals surface area contributed by atoms with Gasteiger partial charge in [-0.15, -0.1) is 0 Å². The number of rotatable bonds is 9. The molecule has 0 radical (unpaired) electrons. The lowest BCUT2D eigenvalue weighted by molar-refractivity contribution is -0.164. The third kappa shape index (κ3) is 5.98. The van der Waals surface area contributed by atoms with Crippen molar-refractivity contribution in [2.75, 3.05) is 7.11 Å². The van der Waals surface area contributed by atoms with E-state index in [1.807, 2.05) is 0 Å². The molecule has 0 fully saturated rings. The largest absolute Gasteiger partial charge is 0.469 e. The minimum absolute atomic E-state index is 0.0919. The maximum absolute atomic E-state index is 12.3. The zero-order valence-electron chi connectivity index (χ0n) is 15.3. The van der Waals surface area contributed by atoms with Gasteiger partial charge in [0.25, 0.3) is 0 Å². The summed E-state index contributed by atoms with van der Waals surface area (Å²) >= 11 is 0. The van der Waals surface area contributed by atoms with Crippen molar-refractivity contribution < 1.29 is 33.4 Å². The number of hydrogen-bond acceptors (Lipinski definition) is 7. The number of ether oxygens (including phenoxy) is 3. The van der Waals surface area contributed by atoms with E-state index in [9.17, 15) is 19.2 Å². The molecule has 7 nitrogen and oxygen atoms in total. The van der Waals surface area contributed by atoms with E-state index >= 15 is 0 Å². The molecule has 0 aliphatic rings. The van der Waals surface area contributed by atoms with Gasteiger partial charge in [-0.1, -0.05) is 25.1 Å². The molecule has 4 atom stereocenters. The quantitative estimate of drug-likeness (QED) is 0.376. The van der Waals surface area contributed by atoms with Crippen LogP contribution in [0.5, 0.6) is 0 Å². The maximum atomic E-state index is 12.3. The van der Waals surface area contributed by atoms with Gasteiger partial charge in [-0.3, -0.25) is 9.59 Å². The molecule has 1 aromatic carbocycles. The highest BCUT2D eigenvalue weighted by molar-refractivity contribution is 5.89. The van der Waals surface area contributed by atoms with Gasteiger partial charge in [-0.2, -0.15) is 0 Å². The van der Waals surface area contributed by atoms with Crippen LogP contribution in [0.3, 0.4) is 0 Å². The zero-order chi connectivity index (χ0) is 19.7. The molecule has 0 saturated carbocycles. The molecule has 26 heavy (non-hydrogen) atoms. The van der Waals surface area contributed by atoms with Gasteiger partial charge in [0.15, 0.2) is 0 Å². The summed E-state index contributed by atoms with van der Waals surface area (Å²) in [5.74, 6) is -3.15. The second-order valence-corrected chi connectivity index (χ2v) is 5.96. The average molecular weight is 364 g/mol. The second kappa shape index (κ2) is 10.3. The fraction of sp³-hybridized carbons (Fsp3) is 0.474. The van der Waals surface area contributed by atoms with Crippen LogP contribution in [0.2, 0.25) is 0 Å². The van der Waals surface area contributed by atoms with Crippen LogP contribution in [-0.2, 0) is 28.6 Å². The van der Waals surface area contributed by atoms with Crippen molar-refractivity contribution >= 4 is 24.2 Å². The first kappa shape index (κ1) is 21.3. The summed E-state index contributed by atoms with van der Waals surface area (Å²) in [4.78, 5) is 46.7. The third-order valence-electron chi connectivity index (χ3n) is 4.07. The Kier molecular flexibility index (Phi) is 8.48. The van der Waals surface area contributed by atoms with E-state index in [0.29, 0.717) is 11.8 Å². The number of hydrogen-bond donors (Lipinski definition) is 0. The molecule has 0 aliphatic heterocycles. The zero-order valence-corrected chi connectivity index (χ0v) is 15.3. The van der Waals surface area contributed by atoms with Gasteiger partial charge in [-0.25, -0.2) is 4.79 Å². The van der Waals surface area contributed by atoms with Crippen LogP contribution in [0, 0.1) is 11.8 Å². The fourth-order valence-electron chi connectivity index (χ4n) is 2.63. The van der Waals surface area contributed by atoms with Crippen molar-refractivity contribution in [1.29, 1.82) is 0 Å². The molecule has 0 aliphatic carbocycles. The molecular formula is C19H24O7. The Morgan fingerprint density at radius 2 is 1.69 bits per heavy atom. The minimum atomic E-state index is -0.909. The molecule has 1 rings (SSSR count). The Morgan fingerprint density at radius 3 is 2.19 bits per heavy atom. The summed E-state index contributed by atoms with van der Waals surface area (Å²) in [5, 5.41) is 0. The molecule has 0 N–H and O–H groups in total. The standard InChI is InChI=1S/C19H24O7/c1-12(17(25-14(3)21)13(2)18(22)24-4)16(10-11-20)26-19(23)15-8-6-5-7-9-15/h5-9,11-13,16-17H,10H2,1-4H3/t12-,13+,16-,17-/m0/s1. The average Bonchev–Trinajstić information content (AvgIpc) is 2.64. The van der Waals surface area contributed by atoms with E-state index < -0.39 is 42.0 Å². The van der Waals surface area contributed by atoms with Gasteiger partial charge in [0.1, 0.15) is 18.5 Å². The molecule has 0 bridgehead atoms. The minimum Gasteiger partial charge on any atom is -0.469 e. The first-order chi connectivity index (χ1) is 12.3. The Morgan fingerprint density at radius 1 is 1.08 bits per heavy atom. The molecular weight excluding hydrogens is 340 g/mol. The van der Waals surface area contributed by atoms with Crippen molar-refractivity contribution in [2.24, 2.45) is 11.8 Å². The molecule has 0 aromatic heterocycles. The first-order valence-corrected chi connectivity index (χ1v) is 8.26. The summed E-state index contributed by atoms with van der Waals surface area (Å²) in [6.45, 7) is 4.42. The van der Waals surface area contributed by atoms with Crippen LogP contribution in [0.25, 0.3) is 0 Å². The number of carbonyl (C=O) groups is 4. The van der Waals surface area contributed by atoms with Gasteiger partial charge in [-0.05, 0) is 19.1 Å². The van der Waals surface area contributed by atoms with Crippen LogP contribution in [0.15, 0.2) is 30.3 Å². The normalized spacial score (nSPS) is 15.1. The van der Waals surface area contributed by atoms with E-state index in [1.165, 1.54) is 14.0 Å². The highest BCUT2D eigenvalue weighted by Gasteiger charge is 2.38. The molecule has 0 spiro atoms. The smallest absolute Gasteiger partial charge is 0.338 e. The monoisotopic (exact) mass is 364 g/mol. The fourth-order valence-corrected chi connectivity index (χ4v) is 2.63. The number of esters is 3. The summed E-state index contributed by atoms with van der Waals surface area (Å²) < 4.78 is 15.4. The Balaban J connectivity index is 3.02. The lowest BCUT2D eigenvalue weighted by atomic mass is 9.87. The highest BCUT2D eigenvalue weighted by Crippen LogP contribution is 2.25. The molecule has 0 amide bonds. The van der Waals surface area contributed by atoms with Crippen molar-refractivity contribution in [2.45, 2.75) is 39.4 Å². The summed E-state index contributed by atoms with van der Waals surface area (Å²) in [6.07, 6.45) is -1.25. The number of carbonyl (C=O) groups excluding carboxylic acids is 4. The van der Waals surface area contributed by atoms with Gasteiger partial charge in [0.05, 0.1) is 18.6 Å². The van der Waals surface area contributed by atoms with Crippen molar-refractivity contribution in [3.8, 4) is 0 Å². The predicted molar refractivity (Wildman–Crippen MR) is 92.2 cm³/mol. The Labute approximate surface area is 152 Å². The SMILES string of the molecule is COC(=O)[C@H](C)[C@@H](OC(C)=O)[C@@H](C)[C@H](CC=O)OC(=O)c1ccccc1. The van der Waals surface area contributed by atoms with Crippen LogP contribution < -0.4 is 0 Å². The molecule has 142 valence electrons. The van der Waals surface area contributed by atoms with Crippen LogP contribution in [0.1, 0.15) is 37.6 Å². The molecule has 0 saturated heterocycles. The molecule has 7 heteroatoms. The van der Waals surface area contributed by atoms with Crippen LogP contribution in [-0.4, -0.2) is 43.5 Å². The van der Waals surface area contributed by atoms with Crippen molar-refractivity contribution in [1.82, 2.24) is 0 Å². The van der Waals surface area contributed by atoms with E-state index in [1.54, 1.807) is 44.2 Å².